The van der Waals surface area contributed by atoms with Gasteiger partial charge in [-0.2, -0.15) is 0 Å². The molecule has 8 atom stereocenters. The van der Waals surface area contributed by atoms with Gasteiger partial charge in [0.15, 0.2) is 5.78 Å². The fourth-order valence-corrected chi connectivity index (χ4v) is 8.41. The lowest BCUT2D eigenvalue weighted by Gasteiger charge is -2.58. The summed E-state index contributed by atoms with van der Waals surface area (Å²) in [7, 11) is 0. The van der Waals surface area contributed by atoms with Gasteiger partial charge in [0.25, 0.3) is 0 Å². The third kappa shape index (κ3) is 3.46. The molecule has 0 aromatic carbocycles. The average Bonchev–Trinajstić information content (AvgIpc) is 3.04. The van der Waals surface area contributed by atoms with Crippen molar-refractivity contribution in [3.05, 3.63) is 23.8 Å². The minimum atomic E-state index is -0.417. The standard InChI is InChI=1S/C28H44O2/c1-17(2)18(3)7-8-19(4)22-9-10-23-21-16-26(30)25-15-20(29)11-13-28(25,6)24(21)12-14-27(22,23)5/h15,17,19-24,29H,3,7-14,16H2,1-2,4-6H3/t19-,20+,21+,22-,23+,24+,27-,28-/m1/s1. The Morgan fingerprint density at radius 1 is 1.13 bits per heavy atom. The largest absolute Gasteiger partial charge is 0.389 e. The minimum Gasteiger partial charge on any atom is -0.389 e. The molecule has 3 saturated carbocycles. The normalized spacial score (nSPS) is 44.2. The van der Waals surface area contributed by atoms with Gasteiger partial charge in [-0.25, -0.2) is 0 Å². The van der Waals surface area contributed by atoms with E-state index < -0.39 is 6.10 Å². The molecule has 4 aliphatic carbocycles. The van der Waals surface area contributed by atoms with Gasteiger partial charge in [0.2, 0.25) is 0 Å². The molecule has 1 N–H and O–H groups in total. The van der Waals surface area contributed by atoms with Gasteiger partial charge < -0.3 is 5.11 Å². The Balaban J connectivity index is 1.53. The quantitative estimate of drug-likeness (QED) is 0.508. The van der Waals surface area contributed by atoms with Crippen molar-refractivity contribution in [2.45, 2.75) is 98.5 Å². The number of fused-ring (bicyclic) bond motifs is 5. The second kappa shape index (κ2) is 7.91. The molecule has 0 bridgehead atoms. The number of rotatable bonds is 5. The van der Waals surface area contributed by atoms with E-state index >= 15 is 0 Å². The molecule has 0 aliphatic heterocycles. The summed E-state index contributed by atoms with van der Waals surface area (Å²) in [5.41, 5.74) is 2.77. The zero-order chi connectivity index (χ0) is 21.8. The molecule has 4 rings (SSSR count). The first-order valence-corrected chi connectivity index (χ1v) is 12.7. The number of ketones is 1. The fourth-order valence-electron chi connectivity index (χ4n) is 8.41. The van der Waals surface area contributed by atoms with Crippen molar-refractivity contribution in [3.63, 3.8) is 0 Å². The monoisotopic (exact) mass is 412 g/mol. The molecular formula is C28H44O2. The summed E-state index contributed by atoms with van der Waals surface area (Å²) in [5, 5.41) is 10.2. The molecule has 0 unspecified atom stereocenters. The molecule has 3 fully saturated rings. The molecule has 168 valence electrons. The van der Waals surface area contributed by atoms with E-state index in [0.29, 0.717) is 34.9 Å². The summed E-state index contributed by atoms with van der Waals surface area (Å²) >= 11 is 0. The van der Waals surface area contributed by atoms with Crippen LogP contribution in [0, 0.1) is 46.3 Å². The van der Waals surface area contributed by atoms with Gasteiger partial charge in [0.1, 0.15) is 0 Å². The molecule has 2 nitrogen and oxygen atoms in total. The van der Waals surface area contributed by atoms with Crippen molar-refractivity contribution in [2.24, 2.45) is 46.3 Å². The Kier molecular flexibility index (Phi) is 5.88. The van der Waals surface area contributed by atoms with Crippen LogP contribution in [-0.4, -0.2) is 17.0 Å². The van der Waals surface area contributed by atoms with Gasteiger partial charge in [-0.05, 0) is 109 Å². The molecule has 0 saturated heterocycles. The highest BCUT2D eigenvalue weighted by Crippen LogP contribution is 2.67. The van der Waals surface area contributed by atoms with Gasteiger partial charge in [0.05, 0.1) is 6.10 Å². The van der Waals surface area contributed by atoms with Crippen LogP contribution in [0.15, 0.2) is 23.8 Å². The smallest absolute Gasteiger partial charge is 0.159 e. The topological polar surface area (TPSA) is 37.3 Å². The molecule has 0 aromatic heterocycles. The molecule has 0 spiro atoms. The molecule has 4 aliphatic rings. The van der Waals surface area contributed by atoms with Crippen molar-refractivity contribution in [3.8, 4) is 0 Å². The minimum absolute atomic E-state index is 0.000726. The summed E-state index contributed by atoms with van der Waals surface area (Å²) < 4.78 is 0. The van der Waals surface area contributed by atoms with Crippen molar-refractivity contribution in [1.29, 1.82) is 0 Å². The number of hydrogen-bond donors (Lipinski definition) is 1. The zero-order valence-electron chi connectivity index (χ0n) is 20.0. The number of aliphatic hydroxyl groups excluding tert-OH is 1. The maximum atomic E-state index is 13.2. The molecule has 0 aromatic rings. The van der Waals surface area contributed by atoms with Crippen LogP contribution in [0.3, 0.4) is 0 Å². The SMILES string of the molecule is C=C(CC[C@@H](C)[C@H]1CC[C@H]2[C@@H]3CC(=O)C4=C[C@@H](O)CC[C@]4(C)[C@H]3CC[C@]12C)C(C)C. The number of carbonyl (C=O) groups is 1. The maximum absolute atomic E-state index is 13.2. The lowest BCUT2D eigenvalue weighted by Crippen LogP contribution is -2.53. The summed E-state index contributed by atoms with van der Waals surface area (Å²) in [6.07, 6.45) is 11.7. The van der Waals surface area contributed by atoms with Crippen LogP contribution < -0.4 is 0 Å². The summed E-state index contributed by atoms with van der Waals surface area (Å²) in [6.45, 7) is 16.2. The maximum Gasteiger partial charge on any atom is 0.159 e. The number of hydrogen-bond acceptors (Lipinski definition) is 2. The Morgan fingerprint density at radius 2 is 1.87 bits per heavy atom. The highest BCUT2D eigenvalue weighted by molar-refractivity contribution is 5.98. The Hall–Kier alpha value is -0.890. The molecule has 0 radical (unpaired) electrons. The lowest BCUT2D eigenvalue weighted by atomic mass is 9.46. The van der Waals surface area contributed by atoms with E-state index in [2.05, 4.69) is 41.2 Å². The Bertz CT molecular complexity index is 733. The van der Waals surface area contributed by atoms with Crippen molar-refractivity contribution in [2.75, 3.05) is 0 Å². The van der Waals surface area contributed by atoms with E-state index in [1.807, 2.05) is 6.08 Å². The number of aliphatic hydroxyl groups is 1. The van der Waals surface area contributed by atoms with Crippen LogP contribution in [0.25, 0.3) is 0 Å². The number of Topliss-reactive ketones (excluding diaryl/α,β-unsaturated/α-hetero) is 1. The molecule has 2 heteroatoms. The fraction of sp³-hybridized carbons (Fsp3) is 0.821. The van der Waals surface area contributed by atoms with E-state index in [1.165, 1.54) is 37.7 Å². The van der Waals surface area contributed by atoms with E-state index in [0.717, 1.165) is 43.1 Å². The van der Waals surface area contributed by atoms with Crippen molar-refractivity contribution >= 4 is 5.78 Å². The number of carbonyl (C=O) groups excluding carboxylic acids is 1. The lowest BCUT2D eigenvalue weighted by molar-refractivity contribution is -0.129. The highest BCUT2D eigenvalue weighted by atomic mass is 16.3. The van der Waals surface area contributed by atoms with E-state index in [9.17, 15) is 9.90 Å². The first-order chi connectivity index (χ1) is 14.1. The molecular weight excluding hydrogens is 368 g/mol. The van der Waals surface area contributed by atoms with Crippen LogP contribution in [0.4, 0.5) is 0 Å². The van der Waals surface area contributed by atoms with Gasteiger partial charge in [-0.1, -0.05) is 46.8 Å². The second-order valence-corrected chi connectivity index (χ2v) is 12.2. The first-order valence-electron chi connectivity index (χ1n) is 12.7. The van der Waals surface area contributed by atoms with Crippen LogP contribution >= 0.6 is 0 Å². The third-order valence-electron chi connectivity index (χ3n) is 10.4. The van der Waals surface area contributed by atoms with Crippen LogP contribution in [0.2, 0.25) is 0 Å². The zero-order valence-corrected chi connectivity index (χ0v) is 20.0. The predicted molar refractivity (Wildman–Crippen MR) is 124 cm³/mol. The van der Waals surface area contributed by atoms with E-state index in [-0.39, 0.29) is 5.41 Å². The second-order valence-electron chi connectivity index (χ2n) is 12.2. The van der Waals surface area contributed by atoms with Crippen molar-refractivity contribution < 1.29 is 9.90 Å². The third-order valence-corrected chi connectivity index (χ3v) is 10.4. The molecule has 0 amide bonds. The van der Waals surface area contributed by atoms with E-state index in [1.54, 1.807) is 0 Å². The Morgan fingerprint density at radius 3 is 2.57 bits per heavy atom. The van der Waals surface area contributed by atoms with Gasteiger partial charge in [0, 0.05) is 6.42 Å². The summed E-state index contributed by atoms with van der Waals surface area (Å²) in [5.74, 6) is 4.33. The Labute approximate surface area is 184 Å². The average molecular weight is 413 g/mol. The van der Waals surface area contributed by atoms with Gasteiger partial charge in [-0.3, -0.25) is 4.79 Å². The van der Waals surface area contributed by atoms with Crippen LogP contribution in [0.5, 0.6) is 0 Å². The van der Waals surface area contributed by atoms with Gasteiger partial charge >= 0.3 is 0 Å². The first kappa shape index (κ1) is 22.3. The predicted octanol–water partition coefficient (Wildman–Crippen LogP) is 6.73. The van der Waals surface area contributed by atoms with Crippen LogP contribution in [0.1, 0.15) is 92.4 Å². The summed E-state index contributed by atoms with van der Waals surface area (Å²) in [4.78, 5) is 13.2. The van der Waals surface area contributed by atoms with Crippen LogP contribution in [-0.2, 0) is 4.79 Å². The number of allylic oxidation sites excluding steroid dienone is 2. The van der Waals surface area contributed by atoms with Crippen molar-refractivity contribution in [1.82, 2.24) is 0 Å². The summed E-state index contributed by atoms with van der Waals surface area (Å²) in [6, 6.07) is 0. The molecule has 30 heavy (non-hydrogen) atoms. The van der Waals surface area contributed by atoms with E-state index in [4.69, 9.17) is 0 Å². The highest BCUT2D eigenvalue weighted by Gasteiger charge is 2.60. The molecule has 0 heterocycles. The van der Waals surface area contributed by atoms with Gasteiger partial charge in [-0.15, -0.1) is 0 Å².